The van der Waals surface area contributed by atoms with Gasteiger partial charge in [0.05, 0.1) is 23.8 Å². The van der Waals surface area contributed by atoms with Crippen LogP contribution in [0.4, 0.5) is 0 Å². The van der Waals surface area contributed by atoms with Crippen molar-refractivity contribution < 1.29 is 4.79 Å². The highest BCUT2D eigenvalue weighted by molar-refractivity contribution is 5.98. The first-order chi connectivity index (χ1) is 10.5. The molecule has 0 amide bonds. The van der Waals surface area contributed by atoms with Crippen LogP contribution in [0.1, 0.15) is 21.7 Å². The minimum atomic E-state index is -0.266. The SMILES string of the molecule is Cc1cc(C(=O)Cn2c(=O)cnc3ccccc32)c(C)n1C. The molecule has 1 aromatic carbocycles. The van der Waals surface area contributed by atoms with Crippen molar-refractivity contribution in [3.8, 4) is 0 Å². The minimum Gasteiger partial charge on any atom is -0.351 e. The van der Waals surface area contributed by atoms with Crippen LogP contribution < -0.4 is 5.56 Å². The number of aryl methyl sites for hydroxylation is 1. The molecule has 3 aromatic rings. The zero-order valence-corrected chi connectivity index (χ0v) is 12.8. The number of hydrogen-bond donors (Lipinski definition) is 0. The van der Waals surface area contributed by atoms with Crippen molar-refractivity contribution in [2.24, 2.45) is 7.05 Å². The average Bonchev–Trinajstić information content (AvgIpc) is 2.78. The topological polar surface area (TPSA) is 56.9 Å². The van der Waals surface area contributed by atoms with E-state index >= 15 is 0 Å². The predicted octanol–water partition coefficient (Wildman–Crippen LogP) is 2.23. The van der Waals surface area contributed by atoms with E-state index < -0.39 is 0 Å². The first kappa shape index (κ1) is 14.3. The molecule has 0 radical (unpaired) electrons. The second kappa shape index (κ2) is 5.26. The van der Waals surface area contributed by atoms with Crippen molar-refractivity contribution >= 4 is 16.8 Å². The van der Waals surface area contributed by atoms with Crippen LogP contribution in [-0.2, 0) is 13.6 Å². The number of para-hydroxylation sites is 2. The van der Waals surface area contributed by atoms with Crippen LogP contribution in [0.2, 0.25) is 0 Å². The van der Waals surface area contributed by atoms with Crippen molar-refractivity contribution in [1.82, 2.24) is 14.1 Å². The molecule has 0 saturated carbocycles. The fraction of sp³-hybridized carbons (Fsp3) is 0.235. The largest absolute Gasteiger partial charge is 0.351 e. The molecule has 0 bridgehead atoms. The van der Waals surface area contributed by atoms with Crippen LogP contribution in [0.5, 0.6) is 0 Å². The molecular formula is C17H17N3O2. The van der Waals surface area contributed by atoms with E-state index in [4.69, 9.17) is 0 Å². The van der Waals surface area contributed by atoms with Gasteiger partial charge < -0.3 is 4.57 Å². The maximum atomic E-state index is 12.6. The summed E-state index contributed by atoms with van der Waals surface area (Å²) in [6.07, 6.45) is 1.26. The standard InChI is InChI=1S/C17H17N3O2/c1-11-8-13(12(2)19(11)3)16(21)10-20-15-7-5-4-6-14(15)18-9-17(20)22/h4-9H,10H2,1-3H3. The fourth-order valence-corrected chi connectivity index (χ4v) is 2.64. The smallest absolute Gasteiger partial charge is 0.269 e. The molecule has 112 valence electrons. The average molecular weight is 295 g/mol. The zero-order chi connectivity index (χ0) is 15.9. The Hall–Kier alpha value is -2.69. The molecule has 0 aliphatic carbocycles. The van der Waals surface area contributed by atoms with Crippen LogP contribution >= 0.6 is 0 Å². The highest BCUT2D eigenvalue weighted by Gasteiger charge is 2.16. The number of hydrogen-bond acceptors (Lipinski definition) is 3. The summed E-state index contributed by atoms with van der Waals surface area (Å²) < 4.78 is 3.45. The maximum Gasteiger partial charge on any atom is 0.269 e. The third kappa shape index (κ3) is 2.24. The first-order valence-electron chi connectivity index (χ1n) is 7.09. The number of fused-ring (bicyclic) bond motifs is 1. The van der Waals surface area contributed by atoms with E-state index in [0.29, 0.717) is 16.6 Å². The third-order valence-corrected chi connectivity index (χ3v) is 4.13. The summed E-state index contributed by atoms with van der Waals surface area (Å²) >= 11 is 0. The molecule has 0 saturated heterocycles. The normalized spacial score (nSPS) is 11.0. The Morgan fingerprint density at radius 1 is 1.23 bits per heavy atom. The van der Waals surface area contributed by atoms with Gasteiger partial charge in [-0.05, 0) is 32.0 Å². The van der Waals surface area contributed by atoms with E-state index in [1.165, 1.54) is 10.8 Å². The highest BCUT2D eigenvalue weighted by atomic mass is 16.1. The Bertz CT molecular complexity index is 935. The summed E-state index contributed by atoms with van der Waals surface area (Å²) in [5.41, 5.74) is 3.70. The van der Waals surface area contributed by atoms with E-state index in [9.17, 15) is 9.59 Å². The quantitative estimate of drug-likeness (QED) is 0.696. The van der Waals surface area contributed by atoms with Crippen LogP contribution in [0.25, 0.3) is 11.0 Å². The Kier molecular flexibility index (Phi) is 3.41. The molecule has 0 aliphatic rings. The minimum absolute atomic E-state index is 0.0200. The van der Waals surface area contributed by atoms with Crippen LogP contribution in [0, 0.1) is 13.8 Å². The lowest BCUT2D eigenvalue weighted by molar-refractivity contribution is 0.0971. The Morgan fingerprint density at radius 2 is 1.95 bits per heavy atom. The number of rotatable bonds is 3. The van der Waals surface area contributed by atoms with Gasteiger partial charge in [0, 0.05) is 24.0 Å². The molecule has 0 unspecified atom stereocenters. The van der Waals surface area contributed by atoms with Gasteiger partial charge in [0.15, 0.2) is 5.78 Å². The van der Waals surface area contributed by atoms with E-state index in [1.54, 1.807) is 6.07 Å². The van der Waals surface area contributed by atoms with E-state index in [1.807, 2.05) is 49.7 Å². The van der Waals surface area contributed by atoms with Gasteiger partial charge in [0.2, 0.25) is 0 Å². The maximum absolute atomic E-state index is 12.6. The Labute approximate surface area is 127 Å². The first-order valence-corrected chi connectivity index (χ1v) is 7.09. The van der Waals surface area contributed by atoms with Gasteiger partial charge in [0.25, 0.3) is 5.56 Å². The number of aromatic nitrogens is 3. The molecular weight excluding hydrogens is 278 g/mol. The van der Waals surface area contributed by atoms with Gasteiger partial charge in [-0.2, -0.15) is 0 Å². The van der Waals surface area contributed by atoms with E-state index in [2.05, 4.69) is 4.98 Å². The molecule has 0 atom stereocenters. The van der Waals surface area contributed by atoms with Gasteiger partial charge in [-0.1, -0.05) is 12.1 Å². The molecule has 0 fully saturated rings. The second-order valence-corrected chi connectivity index (χ2v) is 5.44. The summed E-state index contributed by atoms with van der Waals surface area (Å²) in [4.78, 5) is 28.8. The van der Waals surface area contributed by atoms with Crippen molar-refractivity contribution in [2.75, 3.05) is 0 Å². The van der Waals surface area contributed by atoms with Crippen LogP contribution in [-0.4, -0.2) is 19.9 Å². The number of carbonyl (C=O) groups is 1. The lowest BCUT2D eigenvalue weighted by atomic mass is 10.1. The number of ketones is 1. The Morgan fingerprint density at radius 3 is 2.64 bits per heavy atom. The summed E-state index contributed by atoms with van der Waals surface area (Å²) in [5.74, 6) is -0.0698. The van der Waals surface area contributed by atoms with Crippen molar-refractivity contribution in [2.45, 2.75) is 20.4 Å². The summed E-state index contributed by atoms with van der Waals surface area (Å²) in [6.45, 7) is 3.89. The van der Waals surface area contributed by atoms with Crippen molar-refractivity contribution in [3.05, 3.63) is 63.8 Å². The van der Waals surface area contributed by atoms with Crippen LogP contribution in [0.15, 0.2) is 41.3 Å². The Balaban J connectivity index is 2.06. The van der Waals surface area contributed by atoms with Gasteiger partial charge in [-0.3, -0.25) is 14.2 Å². The molecule has 5 nitrogen and oxygen atoms in total. The van der Waals surface area contributed by atoms with Gasteiger partial charge >= 0.3 is 0 Å². The predicted molar refractivity (Wildman–Crippen MR) is 85.2 cm³/mol. The molecule has 5 heteroatoms. The summed E-state index contributed by atoms with van der Waals surface area (Å²) in [5, 5.41) is 0. The molecule has 0 spiro atoms. The van der Waals surface area contributed by atoms with Gasteiger partial charge in [0.1, 0.15) is 0 Å². The summed E-state index contributed by atoms with van der Waals surface area (Å²) in [6, 6.07) is 9.19. The molecule has 0 N–H and O–H groups in total. The van der Waals surface area contributed by atoms with Crippen LogP contribution in [0.3, 0.4) is 0 Å². The molecule has 0 aliphatic heterocycles. The van der Waals surface area contributed by atoms with Crippen molar-refractivity contribution in [3.63, 3.8) is 0 Å². The van der Waals surface area contributed by atoms with Gasteiger partial charge in [-0.25, -0.2) is 4.98 Å². The second-order valence-electron chi connectivity index (χ2n) is 5.44. The number of nitrogens with zero attached hydrogens (tertiary/aromatic N) is 3. The zero-order valence-electron chi connectivity index (χ0n) is 12.8. The van der Waals surface area contributed by atoms with Crippen molar-refractivity contribution in [1.29, 1.82) is 0 Å². The third-order valence-electron chi connectivity index (χ3n) is 4.13. The monoisotopic (exact) mass is 295 g/mol. The summed E-state index contributed by atoms with van der Waals surface area (Å²) in [7, 11) is 1.93. The molecule has 22 heavy (non-hydrogen) atoms. The van der Waals surface area contributed by atoms with E-state index in [0.717, 1.165) is 11.4 Å². The lowest BCUT2D eigenvalue weighted by Crippen LogP contribution is -2.24. The number of Topliss-reactive ketones (excluding diaryl/α,β-unsaturated/α-hetero) is 1. The lowest BCUT2D eigenvalue weighted by Gasteiger charge is -2.08. The van der Waals surface area contributed by atoms with E-state index in [-0.39, 0.29) is 17.9 Å². The molecule has 2 aromatic heterocycles. The van der Waals surface area contributed by atoms with Gasteiger partial charge in [-0.15, -0.1) is 0 Å². The molecule has 3 rings (SSSR count). The number of benzene rings is 1. The fourth-order valence-electron chi connectivity index (χ4n) is 2.64. The highest BCUT2D eigenvalue weighted by Crippen LogP contribution is 2.15. The number of carbonyl (C=O) groups excluding carboxylic acids is 1. The molecule has 2 heterocycles.